The van der Waals surface area contributed by atoms with Crippen LogP contribution in [0.25, 0.3) is 0 Å². The summed E-state index contributed by atoms with van der Waals surface area (Å²) in [5, 5.41) is 2.86. The Bertz CT molecular complexity index is 1260. The zero-order chi connectivity index (χ0) is 24.5. The highest BCUT2D eigenvalue weighted by Gasteiger charge is 2.49. The summed E-state index contributed by atoms with van der Waals surface area (Å²) in [7, 11) is -3.72. The molecule has 0 aromatic carbocycles. The number of aromatic nitrogens is 1. The summed E-state index contributed by atoms with van der Waals surface area (Å²) < 4.78 is 35.6. The average molecular weight is 488 g/mol. The van der Waals surface area contributed by atoms with Crippen molar-refractivity contribution in [1.29, 1.82) is 0 Å². The summed E-state index contributed by atoms with van der Waals surface area (Å²) in [4.78, 5) is 28.0. The smallest absolute Gasteiger partial charge is 0.357 e. The molecule has 4 aliphatic rings. The quantitative estimate of drug-likeness (QED) is 0.592. The Morgan fingerprint density at radius 2 is 1.94 bits per heavy atom. The molecule has 182 valence electrons. The fraction of sp³-hybridized carbons (Fsp3) is 0.583. The van der Waals surface area contributed by atoms with Crippen LogP contribution < -0.4 is 4.72 Å². The monoisotopic (exact) mass is 487 g/mol. The van der Waals surface area contributed by atoms with E-state index < -0.39 is 32.8 Å². The highest BCUT2D eigenvalue weighted by molar-refractivity contribution is 7.90. The minimum Gasteiger partial charge on any atom is -0.357 e. The standard InChI is InChI=1S/C24H31N4O5S/c1-15-9-17(33-25-15)14-28-21(29)19-10-18(34(31,32)26-24(4)7-8-24)5-6-20(19)27(22(28)30)13-16-11-23(2,3)12-16/h5-6,9-10,16,18,26H,7-8,11-14H2,1-4H3/q+1. The number of nitrogens with zero attached hydrogens (tertiary/aromatic N) is 3. The summed E-state index contributed by atoms with van der Waals surface area (Å²) >= 11 is 0. The van der Waals surface area contributed by atoms with Crippen LogP contribution in [0.1, 0.15) is 57.9 Å². The van der Waals surface area contributed by atoms with Gasteiger partial charge < -0.3 is 4.52 Å². The Balaban J connectivity index is 1.50. The lowest BCUT2D eigenvalue weighted by atomic mass is 9.64. The summed E-state index contributed by atoms with van der Waals surface area (Å²) in [6, 6.07) is 1.26. The van der Waals surface area contributed by atoms with Crippen molar-refractivity contribution < 1.29 is 27.1 Å². The molecule has 1 unspecified atom stereocenters. The van der Waals surface area contributed by atoms with Gasteiger partial charge >= 0.3 is 11.9 Å². The van der Waals surface area contributed by atoms with Gasteiger partial charge in [-0.15, -0.1) is 4.90 Å². The first-order chi connectivity index (χ1) is 15.9. The van der Waals surface area contributed by atoms with E-state index in [4.69, 9.17) is 4.52 Å². The molecule has 9 nitrogen and oxygen atoms in total. The van der Waals surface area contributed by atoms with E-state index in [1.54, 1.807) is 29.7 Å². The molecular weight excluding hydrogens is 456 g/mol. The molecule has 34 heavy (non-hydrogen) atoms. The lowest BCUT2D eigenvalue weighted by molar-refractivity contribution is -0.451. The molecular formula is C24H31N4O5S+. The Kier molecular flexibility index (Phi) is 5.25. The van der Waals surface area contributed by atoms with Gasteiger partial charge in [-0.05, 0) is 63.0 Å². The average Bonchev–Trinajstić information content (AvgIpc) is 3.30. The van der Waals surface area contributed by atoms with Crippen molar-refractivity contribution >= 4 is 27.7 Å². The van der Waals surface area contributed by atoms with E-state index in [0.717, 1.165) is 30.6 Å². The normalized spacial score (nSPS) is 25.8. The van der Waals surface area contributed by atoms with Gasteiger partial charge in [0, 0.05) is 11.6 Å². The third-order valence-corrected chi connectivity index (χ3v) is 8.93. The van der Waals surface area contributed by atoms with Gasteiger partial charge in [0.15, 0.2) is 12.3 Å². The van der Waals surface area contributed by atoms with Crippen molar-refractivity contribution in [3.63, 3.8) is 0 Å². The molecule has 2 fully saturated rings. The van der Waals surface area contributed by atoms with Gasteiger partial charge in [0.1, 0.15) is 16.5 Å². The van der Waals surface area contributed by atoms with Crippen LogP contribution in [0.5, 0.6) is 0 Å². The number of urea groups is 1. The highest BCUT2D eigenvalue weighted by atomic mass is 32.2. The van der Waals surface area contributed by atoms with Crippen molar-refractivity contribution in [3.05, 3.63) is 41.3 Å². The lowest BCUT2D eigenvalue weighted by Crippen LogP contribution is -2.53. The van der Waals surface area contributed by atoms with Crippen molar-refractivity contribution in [2.75, 3.05) is 6.54 Å². The topological polar surface area (TPSA) is 113 Å². The number of sulfonamides is 1. The largest absolute Gasteiger partial charge is 0.501 e. The number of allylic oxidation sites excluding steroid dienone is 1. The lowest BCUT2D eigenvalue weighted by Gasteiger charge is -2.42. The Labute approximate surface area is 199 Å². The summed E-state index contributed by atoms with van der Waals surface area (Å²) in [5.41, 5.74) is 1.17. The molecule has 1 aromatic heterocycles. The molecule has 0 spiro atoms. The highest BCUT2D eigenvalue weighted by Crippen LogP contribution is 2.45. The van der Waals surface area contributed by atoms with Gasteiger partial charge in [0.05, 0.1) is 12.2 Å². The van der Waals surface area contributed by atoms with Gasteiger partial charge in [-0.2, -0.15) is 9.37 Å². The summed E-state index contributed by atoms with van der Waals surface area (Å²) in [6.45, 7) is 8.45. The van der Waals surface area contributed by atoms with Gasteiger partial charge in [0.25, 0.3) is 0 Å². The van der Waals surface area contributed by atoms with Crippen LogP contribution in [0.3, 0.4) is 0 Å². The number of fused-ring (bicyclic) bond motifs is 1. The van der Waals surface area contributed by atoms with E-state index >= 15 is 0 Å². The van der Waals surface area contributed by atoms with Crippen LogP contribution in [-0.2, 0) is 21.4 Å². The molecule has 3 amide bonds. The molecule has 0 saturated heterocycles. The number of amides is 3. The number of aryl methyl sites for hydroxylation is 1. The fourth-order valence-electron chi connectivity index (χ4n) is 5.23. The summed E-state index contributed by atoms with van der Waals surface area (Å²) in [5.74, 6) is 0.190. The number of carbonyl (C=O) groups is 2. The molecule has 10 heteroatoms. The van der Waals surface area contributed by atoms with Crippen molar-refractivity contribution in [3.8, 4) is 0 Å². The van der Waals surface area contributed by atoms with Gasteiger partial charge in [-0.25, -0.2) is 17.9 Å². The first-order valence-corrected chi connectivity index (χ1v) is 13.3. The molecule has 1 N–H and O–H groups in total. The SMILES string of the molecule is Cc1cc(CN2C(=O)C3=CC(S(=O)(=O)NC4(C)CC4)C=CC3=[N+](CC3CC(C)(C)C3)C2=O)on1. The van der Waals surface area contributed by atoms with E-state index in [-0.39, 0.29) is 17.5 Å². The van der Waals surface area contributed by atoms with Crippen molar-refractivity contribution in [2.24, 2.45) is 11.3 Å². The predicted octanol–water partition coefficient (Wildman–Crippen LogP) is 2.67. The maximum absolute atomic E-state index is 13.5. The van der Waals surface area contributed by atoms with Crippen LogP contribution in [0.15, 0.2) is 34.4 Å². The van der Waals surface area contributed by atoms with Crippen LogP contribution in [-0.4, -0.2) is 58.0 Å². The minimum atomic E-state index is -3.72. The first-order valence-electron chi connectivity index (χ1n) is 11.7. The Morgan fingerprint density at radius 1 is 1.24 bits per heavy atom. The molecule has 0 bridgehead atoms. The second-order valence-electron chi connectivity index (χ2n) is 11.2. The van der Waals surface area contributed by atoms with E-state index in [2.05, 4.69) is 23.7 Å². The number of rotatable bonds is 7. The van der Waals surface area contributed by atoms with E-state index in [9.17, 15) is 18.0 Å². The fourth-order valence-corrected chi connectivity index (χ4v) is 6.85. The van der Waals surface area contributed by atoms with Crippen LogP contribution >= 0.6 is 0 Å². The van der Waals surface area contributed by atoms with E-state index in [1.165, 1.54) is 6.08 Å². The molecule has 5 rings (SSSR count). The van der Waals surface area contributed by atoms with Gasteiger partial charge in [-0.1, -0.05) is 25.1 Å². The van der Waals surface area contributed by atoms with Crippen LogP contribution in [0.2, 0.25) is 0 Å². The number of nitrogens with one attached hydrogen (secondary N) is 1. The predicted molar refractivity (Wildman–Crippen MR) is 125 cm³/mol. The maximum atomic E-state index is 13.5. The molecule has 3 aliphatic carbocycles. The molecule has 1 atom stereocenters. The zero-order valence-electron chi connectivity index (χ0n) is 20.0. The Morgan fingerprint density at radius 3 is 2.53 bits per heavy atom. The molecule has 2 saturated carbocycles. The van der Waals surface area contributed by atoms with Gasteiger partial charge in [-0.3, -0.25) is 0 Å². The molecule has 0 radical (unpaired) electrons. The molecule has 1 aliphatic heterocycles. The summed E-state index contributed by atoms with van der Waals surface area (Å²) in [6.07, 6.45) is 8.20. The number of carbonyl (C=O) groups excluding carboxylic acids is 2. The number of hydrogen-bond donors (Lipinski definition) is 1. The van der Waals surface area contributed by atoms with E-state index in [0.29, 0.717) is 29.6 Å². The second-order valence-corrected chi connectivity index (χ2v) is 13.0. The Hall–Kier alpha value is -2.59. The minimum absolute atomic E-state index is 0.0623. The third-order valence-electron chi connectivity index (χ3n) is 7.14. The maximum Gasteiger partial charge on any atom is 0.501 e. The van der Waals surface area contributed by atoms with E-state index in [1.807, 2.05) is 6.92 Å². The molecule has 2 heterocycles. The van der Waals surface area contributed by atoms with Crippen LogP contribution in [0, 0.1) is 18.3 Å². The second kappa shape index (κ2) is 7.71. The van der Waals surface area contributed by atoms with Crippen molar-refractivity contribution in [1.82, 2.24) is 14.8 Å². The van der Waals surface area contributed by atoms with Gasteiger partial charge in [0.2, 0.25) is 10.0 Å². The molecule has 1 aromatic rings. The number of imide groups is 1. The van der Waals surface area contributed by atoms with Crippen molar-refractivity contribution in [2.45, 2.75) is 70.7 Å². The zero-order valence-corrected chi connectivity index (χ0v) is 20.8. The first kappa shape index (κ1) is 23.2. The van der Waals surface area contributed by atoms with Crippen LogP contribution in [0.4, 0.5) is 4.79 Å². The third kappa shape index (κ3) is 4.29. The number of hydrogen-bond acceptors (Lipinski definition) is 6.